The molecule has 0 radical (unpaired) electrons. The van der Waals surface area contributed by atoms with Gasteiger partial charge < -0.3 is 4.74 Å². The average Bonchev–Trinajstić information content (AvgIpc) is 2.28. The zero-order chi connectivity index (χ0) is 14.8. The molecular weight excluding hydrogens is 288 g/mol. The summed E-state index contributed by atoms with van der Waals surface area (Å²) in [5.74, 6) is 6.08. The van der Waals surface area contributed by atoms with Crippen LogP contribution in [0.15, 0.2) is 18.2 Å². The molecule has 7 heteroatoms. The first kappa shape index (κ1) is 16.2. The second-order valence-electron chi connectivity index (χ2n) is 4.86. The molecule has 0 spiro atoms. The van der Waals surface area contributed by atoms with Crippen molar-refractivity contribution in [3.05, 3.63) is 28.8 Å². The van der Waals surface area contributed by atoms with E-state index in [-0.39, 0.29) is 0 Å². The molecule has 0 aliphatic carbocycles. The normalized spacial score (nSPS) is 14.2. The Bertz CT molecular complexity index is 558. The number of methoxy groups -OCH3 is 1. The van der Waals surface area contributed by atoms with Crippen molar-refractivity contribution in [1.82, 2.24) is 5.43 Å². The van der Waals surface area contributed by atoms with Gasteiger partial charge in [0.2, 0.25) is 0 Å². The predicted octanol–water partition coefficient (Wildman–Crippen LogP) is 1.68. The van der Waals surface area contributed by atoms with Crippen molar-refractivity contribution >= 4 is 21.4 Å². The standard InChI is InChI=1S/C12H19ClN2O3S/c1-12(2,19(4,16)17)11(15-14)9-7-8(13)5-6-10(9)18-3/h5-7,11,15H,14H2,1-4H3. The van der Waals surface area contributed by atoms with Crippen LogP contribution in [0.25, 0.3) is 0 Å². The maximum absolute atomic E-state index is 11.9. The summed E-state index contributed by atoms with van der Waals surface area (Å²) < 4.78 is 28.0. The Hall–Kier alpha value is -0.820. The smallest absolute Gasteiger partial charge is 0.154 e. The fourth-order valence-corrected chi connectivity index (χ4v) is 2.61. The Balaban J connectivity index is 3.44. The van der Waals surface area contributed by atoms with E-state index in [0.29, 0.717) is 16.3 Å². The lowest BCUT2D eigenvalue weighted by Crippen LogP contribution is -2.47. The van der Waals surface area contributed by atoms with E-state index in [1.165, 1.54) is 13.4 Å². The number of ether oxygens (including phenoxy) is 1. The summed E-state index contributed by atoms with van der Waals surface area (Å²) in [6.07, 6.45) is 1.17. The largest absolute Gasteiger partial charge is 0.496 e. The van der Waals surface area contributed by atoms with Crippen molar-refractivity contribution in [2.24, 2.45) is 5.84 Å². The van der Waals surface area contributed by atoms with Gasteiger partial charge in [0.1, 0.15) is 5.75 Å². The lowest BCUT2D eigenvalue weighted by Gasteiger charge is -2.33. The third-order valence-electron chi connectivity index (χ3n) is 3.32. The highest BCUT2D eigenvalue weighted by atomic mass is 35.5. The third-order valence-corrected chi connectivity index (χ3v) is 5.70. The van der Waals surface area contributed by atoms with E-state index in [2.05, 4.69) is 5.43 Å². The second kappa shape index (κ2) is 5.66. The van der Waals surface area contributed by atoms with Crippen LogP contribution in [-0.4, -0.2) is 26.5 Å². The first-order valence-corrected chi connectivity index (χ1v) is 7.91. The fourth-order valence-electron chi connectivity index (χ4n) is 1.81. The Morgan fingerprint density at radius 1 is 1.42 bits per heavy atom. The summed E-state index contributed by atoms with van der Waals surface area (Å²) in [4.78, 5) is 0. The molecular formula is C12H19ClN2O3S. The lowest BCUT2D eigenvalue weighted by atomic mass is 9.95. The van der Waals surface area contributed by atoms with Crippen LogP contribution in [0.3, 0.4) is 0 Å². The van der Waals surface area contributed by atoms with Gasteiger partial charge in [0, 0.05) is 16.8 Å². The highest BCUT2D eigenvalue weighted by Crippen LogP contribution is 2.37. The van der Waals surface area contributed by atoms with E-state index >= 15 is 0 Å². The molecule has 1 atom stereocenters. The van der Waals surface area contributed by atoms with E-state index in [1.54, 1.807) is 32.0 Å². The number of rotatable bonds is 5. The van der Waals surface area contributed by atoms with Crippen molar-refractivity contribution in [3.63, 3.8) is 0 Å². The van der Waals surface area contributed by atoms with Gasteiger partial charge in [-0.05, 0) is 32.0 Å². The molecule has 19 heavy (non-hydrogen) atoms. The molecule has 0 heterocycles. The SMILES string of the molecule is COc1ccc(Cl)cc1C(NN)C(C)(C)S(C)(=O)=O. The minimum absolute atomic E-state index is 0.486. The molecule has 0 bridgehead atoms. The summed E-state index contributed by atoms with van der Waals surface area (Å²) in [7, 11) is -1.83. The molecule has 1 aromatic carbocycles. The molecule has 0 saturated heterocycles. The number of sulfone groups is 1. The van der Waals surface area contributed by atoms with Gasteiger partial charge in [-0.3, -0.25) is 11.3 Å². The van der Waals surface area contributed by atoms with Crippen LogP contribution in [0.1, 0.15) is 25.5 Å². The van der Waals surface area contributed by atoms with Gasteiger partial charge in [-0.15, -0.1) is 0 Å². The van der Waals surface area contributed by atoms with Gasteiger partial charge >= 0.3 is 0 Å². The van der Waals surface area contributed by atoms with Crippen LogP contribution in [0.5, 0.6) is 5.75 Å². The van der Waals surface area contributed by atoms with E-state index in [9.17, 15) is 8.42 Å². The average molecular weight is 307 g/mol. The highest BCUT2D eigenvalue weighted by Gasteiger charge is 2.40. The zero-order valence-corrected chi connectivity index (χ0v) is 13.0. The van der Waals surface area contributed by atoms with Crippen molar-refractivity contribution < 1.29 is 13.2 Å². The molecule has 3 N–H and O–H groups in total. The zero-order valence-electron chi connectivity index (χ0n) is 11.4. The predicted molar refractivity (Wildman–Crippen MR) is 77.0 cm³/mol. The minimum atomic E-state index is -3.34. The molecule has 1 aromatic rings. The van der Waals surface area contributed by atoms with Crippen LogP contribution < -0.4 is 16.0 Å². The van der Waals surface area contributed by atoms with Crippen molar-refractivity contribution in [3.8, 4) is 5.75 Å². The maximum atomic E-state index is 11.9. The number of halogens is 1. The van der Waals surface area contributed by atoms with Gasteiger partial charge in [-0.2, -0.15) is 0 Å². The van der Waals surface area contributed by atoms with Crippen LogP contribution >= 0.6 is 11.6 Å². The molecule has 0 aliphatic rings. The quantitative estimate of drug-likeness (QED) is 0.639. The number of hydrogen-bond acceptors (Lipinski definition) is 5. The number of nitrogens with two attached hydrogens (primary N) is 1. The van der Waals surface area contributed by atoms with Crippen LogP contribution in [-0.2, 0) is 9.84 Å². The molecule has 0 aromatic heterocycles. The Kier molecular flexibility index (Phi) is 4.84. The minimum Gasteiger partial charge on any atom is -0.496 e. The van der Waals surface area contributed by atoms with E-state index in [0.717, 1.165) is 0 Å². The van der Waals surface area contributed by atoms with Gasteiger partial charge in [0.25, 0.3) is 0 Å². The summed E-state index contributed by atoms with van der Waals surface area (Å²) in [5.41, 5.74) is 3.15. The highest BCUT2D eigenvalue weighted by molar-refractivity contribution is 7.92. The van der Waals surface area contributed by atoms with Crippen LogP contribution in [0.4, 0.5) is 0 Å². The van der Waals surface area contributed by atoms with Crippen molar-refractivity contribution in [1.29, 1.82) is 0 Å². The number of hydrazine groups is 1. The summed E-state index contributed by atoms with van der Waals surface area (Å²) in [5, 5.41) is 0.486. The lowest BCUT2D eigenvalue weighted by molar-refractivity contribution is 0.379. The Morgan fingerprint density at radius 3 is 2.42 bits per heavy atom. The first-order chi connectivity index (χ1) is 8.65. The van der Waals surface area contributed by atoms with Crippen LogP contribution in [0, 0.1) is 0 Å². The molecule has 108 valence electrons. The summed E-state index contributed by atoms with van der Waals surface area (Å²) in [6, 6.07) is 4.36. The van der Waals surface area contributed by atoms with Gasteiger partial charge in [0.05, 0.1) is 17.9 Å². The third kappa shape index (κ3) is 3.20. The van der Waals surface area contributed by atoms with Crippen LogP contribution in [0.2, 0.25) is 5.02 Å². The Labute approximate surface area is 119 Å². The van der Waals surface area contributed by atoms with E-state index in [4.69, 9.17) is 22.2 Å². The molecule has 0 aliphatic heterocycles. The number of benzene rings is 1. The van der Waals surface area contributed by atoms with Gasteiger partial charge in [-0.1, -0.05) is 11.6 Å². The maximum Gasteiger partial charge on any atom is 0.154 e. The summed E-state index contributed by atoms with van der Waals surface area (Å²) >= 11 is 5.97. The first-order valence-electron chi connectivity index (χ1n) is 5.64. The monoisotopic (exact) mass is 306 g/mol. The second-order valence-corrected chi connectivity index (χ2v) is 7.89. The molecule has 0 fully saturated rings. The fraction of sp³-hybridized carbons (Fsp3) is 0.500. The molecule has 1 rings (SSSR count). The van der Waals surface area contributed by atoms with Gasteiger partial charge in [-0.25, -0.2) is 8.42 Å². The van der Waals surface area contributed by atoms with Crippen molar-refractivity contribution in [2.45, 2.75) is 24.6 Å². The van der Waals surface area contributed by atoms with Gasteiger partial charge in [0.15, 0.2) is 9.84 Å². The van der Waals surface area contributed by atoms with E-state index in [1.807, 2.05) is 0 Å². The molecule has 0 saturated carbocycles. The molecule has 0 amide bonds. The number of nitrogens with one attached hydrogen (secondary N) is 1. The number of hydrogen-bond donors (Lipinski definition) is 2. The topological polar surface area (TPSA) is 81.4 Å². The van der Waals surface area contributed by atoms with E-state index < -0.39 is 20.6 Å². The molecule has 5 nitrogen and oxygen atoms in total. The molecule has 1 unspecified atom stereocenters. The van der Waals surface area contributed by atoms with Crippen molar-refractivity contribution in [2.75, 3.05) is 13.4 Å². The summed E-state index contributed by atoms with van der Waals surface area (Å²) in [6.45, 7) is 3.21. The Morgan fingerprint density at radius 2 is 2.00 bits per heavy atom.